The Kier molecular flexibility index (Phi) is 3.74. The van der Waals surface area contributed by atoms with Crippen molar-refractivity contribution in [3.63, 3.8) is 0 Å². The molecule has 0 radical (unpaired) electrons. The highest BCUT2D eigenvalue weighted by molar-refractivity contribution is 5.97. The van der Waals surface area contributed by atoms with Crippen LogP contribution in [0.3, 0.4) is 0 Å². The number of hydrogen-bond acceptors (Lipinski definition) is 3. The van der Waals surface area contributed by atoms with Crippen LogP contribution >= 0.6 is 0 Å². The lowest BCUT2D eigenvalue weighted by Gasteiger charge is -2.29. The Morgan fingerprint density at radius 1 is 1.29 bits per heavy atom. The van der Waals surface area contributed by atoms with Crippen molar-refractivity contribution >= 4 is 11.5 Å². The summed E-state index contributed by atoms with van der Waals surface area (Å²) in [5, 5.41) is 0. The third-order valence-corrected chi connectivity index (χ3v) is 3.15. The molecule has 0 aromatic heterocycles. The molecular weight excluding hydrogens is 219 g/mol. The van der Waals surface area contributed by atoms with Gasteiger partial charge in [0.05, 0.1) is 12.2 Å². The summed E-state index contributed by atoms with van der Waals surface area (Å²) in [7, 11) is 0. The molecule has 0 spiro atoms. The summed E-state index contributed by atoms with van der Waals surface area (Å²) in [6.07, 6.45) is 3.41. The zero-order valence-corrected chi connectivity index (χ0v) is 9.79. The highest BCUT2D eigenvalue weighted by Crippen LogP contribution is 2.24. The van der Waals surface area contributed by atoms with Crippen LogP contribution in [0.5, 0.6) is 0 Å². The second-order valence-electron chi connectivity index (χ2n) is 4.34. The summed E-state index contributed by atoms with van der Waals surface area (Å²) >= 11 is 0. The SMILES string of the molecule is NCC(=O)c1ccc(N2CCCCC2)c(F)c1. The van der Waals surface area contributed by atoms with Crippen LogP contribution in [-0.4, -0.2) is 25.4 Å². The maximum Gasteiger partial charge on any atom is 0.176 e. The lowest BCUT2D eigenvalue weighted by Crippen LogP contribution is -2.30. The standard InChI is InChI=1S/C13H17FN2O/c14-11-8-10(13(17)9-15)4-5-12(11)16-6-2-1-3-7-16/h4-5,8H,1-3,6-7,9,15H2. The second-order valence-corrected chi connectivity index (χ2v) is 4.34. The summed E-state index contributed by atoms with van der Waals surface area (Å²) in [5.74, 6) is -0.555. The van der Waals surface area contributed by atoms with Crippen LogP contribution in [0, 0.1) is 5.82 Å². The van der Waals surface area contributed by atoms with Crippen LogP contribution in [0.2, 0.25) is 0 Å². The summed E-state index contributed by atoms with van der Waals surface area (Å²) in [6, 6.07) is 4.63. The molecule has 3 nitrogen and oxygen atoms in total. The Morgan fingerprint density at radius 2 is 2.00 bits per heavy atom. The fourth-order valence-corrected chi connectivity index (χ4v) is 2.19. The summed E-state index contributed by atoms with van der Waals surface area (Å²) in [6.45, 7) is 1.70. The van der Waals surface area contributed by atoms with Gasteiger partial charge in [0.2, 0.25) is 0 Å². The highest BCUT2D eigenvalue weighted by atomic mass is 19.1. The van der Waals surface area contributed by atoms with E-state index in [0.717, 1.165) is 25.9 Å². The van der Waals surface area contributed by atoms with Gasteiger partial charge in [-0.1, -0.05) is 0 Å². The Hall–Kier alpha value is -1.42. The Balaban J connectivity index is 2.21. The minimum absolute atomic E-state index is 0.0809. The molecule has 1 aliphatic rings. The second kappa shape index (κ2) is 5.27. The number of nitrogens with two attached hydrogens (primary N) is 1. The number of piperidine rings is 1. The van der Waals surface area contributed by atoms with E-state index in [0.29, 0.717) is 11.3 Å². The largest absolute Gasteiger partial charge is 0.369 e. The molecule has 1 saturated heterocycles. The summed E-state index contributed by atoms with van der Waals surface area (Å²) in [4.78, 5) is 13.4. The predicted molar refractivity (Wildman–Crippen MR) is 65.8 cm³/mol. The van der Waals surface area contributed by atoms with E-state index in [9.17, 15) is 9.18 Å². The highest BCUT2D eigenvalue weighted by Gasteiger charge is 2.16. The molecule has 0 unspecified atom stereocenters. The predicted octanol–water partition coefficient (Wildman–Crippen LogP) is 1.96. The van der Waals surface area contributed by atoms with Crippen molar-refractivity contribution in [3.05, 3.63) is 29.6 Å². The summed E-state index contributed by atoms with van der Waals surface area (Å²) in [5.41, 5.74) is 6.20. The molecule has 1 fully saturated rings. The quantitative estimate of drug-likeness (QED) is 0.816. The molecule has 92 valence electrons. The molecule has 17 heavy (non-hydrogen) atoms. The lowest BCUT2D eigenvalue weighted by atomic mass is 10.1. The van der Waals surface area contributed by atoms with Gasteiger partial charge in [-0.2, -0.15) is 0 Å². The number of nitrogens with zero attached hydrogens (tertiary/aromatic N) is 1. The van der Waals surface area contributed by atoms with Gasteiger partial charge in [0, 0.05) is 18.7 Å². The number of hydrogen-bond donors (Lipinski definition) is 1. The molecule has 1 aromatic rings. The van der Waals surface area contributed by atoms with Gasteiger partial charge in [-0.05, 0) is 37.5 Å². The first-order valence-electron chi connectivity index (χ1n) is 6.00. The molecule has 0 atom stereocenters. The van der Waals surface area contributed by atoms with Crippen molar-refractivity contribution in [2.45, 2.75) is 19.3 Å². The minimum atomic E-state index is -0.328. The van der Waals surface area contributed by atoms with E-state index in [1.807, 2.05) is 4.90 Å². The zero-order chi connectivity index (χ0) is 12.3. The monoisotopic (exact) mass is 236 g/mol. The van der Waals surface area contributed by atoms with Crippen molar-refractivity contribution < 1.29 is 9.18 Å². The van der Waals surface area contributed by atoms with Gasteiger partial charge in [0.15, 0.2) is 5.78 Å². The van der Waals surface area contributed by atoms with Crippen LogP contribution in [0.4, 0.5) is 10.1 Å². The number of rotatable bonds is 3. The molecule has 1 heterocycles. The maximum absolute atomic E-state index is 13.9. The number of benzene rings is 1. The topological polar surface area (TPSA) is 46.3 Å². The average molecular weight is 236 g/mol. The van der Waals surface area contributed by atoms with Gasteiger partial charge < -0.3 is 10.6 Å². The number of carbonyl (C=O) groups is 1. The number of carbonyl (C=O) groups excluding carboxylic acids is 1. The fraction of sp³-hybridized carbons (Fsp3) is 0.462. The van der Waals surface area contributed by atoms with Crippen molar-refractivity contribution in [1.29, 1.82) is 0 Å². The maximum atomic E-state index is 13.9. The van der Waals surface area contributed by atoms with Gasteiger partial charge in [-0.25, -0.2) is 4.39 Å². The van der Waals surface area contributed by atoms with Crippen LogP contribution in [0.25, 0.3) is 0 Å². The third-order valence-electron chi connectivity index (χ3n) is 3.15. The Morgan fingerprint density at radius 3 is 2.59 bits per heavy atom. The van der Waals surface area contributed by atoms with E-state index in [1.54, 1.807) is 12.1 Å². The van der Waals surface area contributed by atoms with Gasteiger partial charge in [-0.15, -0.1) is 0 Å². The summed E-state index contributed by atoms with van der Waals surface area (Å²) < 4.78 is 13.9. The molecule has 0 saturated carbocycles. The average Bonchev–Trinajstić information content (AvgIpc) is 2.38. The van der Waals surface area contributed by atoms with E-state index < -0.39 is 0 Å². The van der Waals surface area contributed by atoms with Crippen molar-refractivity contribution in [1.82, 2.24) is 0 Å². The number of anilines is 1. The zero-order valence-electron chi connectivity index (χ0n) is 9.79. The van der Waals surface area contributed by atoms with Crippen LogP contribution in [0.1, 0.15) is 29.6 Å². The molecule has 1 aromatic carbocycles. The van der Waals surface area contributed by atoms with Gasteiger partial charge in [0.25, 0.3) is 0 Å². The number of halogens is 1. The molecular formula is C13H17FN2O. The first kappa shape index (κ1) is 12.0. The molecule has 4 heteroatoms. The lowest BCUT2D eigenvalue weighted by molar-refractivity contribution is 0.100. The Labute approximate surface area is 100 Å². The number of Topliss-reactive ketones (excluding diaryl/α,β-unsaturated/α-hetero) is 1. The van der Waals surface area contributed by atoms with Crippen LogP contribution in [-0.2, 0) is 0 Å². The van der Waals surface area contributed by atoms with Gasteiger partial charge in [0.1, 0.15) is 5.82 Å². The van der Waals surface area contributed by atoms with E-state index in [1.165, 1.54) is 12.5 Å². The molecule has 0 amide bonds. The first-order valence-corrected chi connectivity index (χ1v) is 6.00. The molecule has 1 aliphatic heterocycles. The number of ketones is 1. The van der Waals surface area contributed by atoms with E-state index >= 15 is 0 Å². The van der Waals surface area contributed by atoms with Crippen molar-refractivity contribution in [3.8, 4) is 0 Å². The smallest absolute Gasteiger partial charge is 0.176 e. The molecule has 2 N–H and O–H groups in total. The normalized spacial score (nSPS) is 16.0. The van der Waals surface area contributed by atoms with Crippen molar-refractivity contribution in [2.75, 3.05) is 24.5 Å². The molecule has 0 aliphatic carbocycles. The van der Waals surface area contributed by atoms with Crippen LogP contribution in [0.15, 0.2) is 18.2 Å². The van der Waals surface area contributed by atoms with Crippen LogP contribution < -0.4 is 10.6 Å². The molecule has 0 bridgehead atoms. The van der Waals surface area contributed by atoms with E-state index in [2.05, 4.69) is 0 Å². The molecule has 2 rings (SSSR count). The van der Waals surface area contributed by atoms with Crippen molar-refractivity contribution in [2.24, 2.45) is 5.73 Å². The fourth-order valence-electron chi connectivity index (χ4n) is 2.19. The van der Waals surface area contributed by atoms with E-state index in [4.69, 9.17) is 5.73 Å². The van der Waals surface area contributed by atoms with E-state index in [-0.39, 0.29) is 18.1 Å². The van der Waals surface area contributed by atoms with Gasteiger partial charge >= 0.3 is 0 Å². The first-order chi connectivity index (χ1) is 8.22. The van der Waals surface area contributed by atoms with Gasteiger partial charge in [-0.3, -0.25) is 4.79 Å². The minimum Gasteiger partial charge on any atom is -0.369 e. The Bertz CT molecular complexity index is 414. The third kappa shape index (κ3) is 2.64.